The first-order valence-corrected chi connectivity index (χ1v) is 7.60. The Kier molecular flexibility index (Phi) is 4.10. The van der Waals surface area contributed by atoms with Gasteiger partial charge in [0.2, 0.25) is 5.91 Å². The van der Waals surface area contributed by atoms with Crippen molar-refractivity contribution in [3.05, 3.63) is 63.8 Å². The molecule has 0 bridgehead atoms. The number of rotatable bonds is 3. The minimum Gasteiger partial charge on any atom is -0.358 e. The molecule has 0 aliphatic heterocycles. The molecule has 0 radical (unpaired) electrons. The maximum absolute atomic E-state index is 12.3. The van der Waals surface area contributed by atoms with Gasteiger partial charge in [0, 0.05) is 32.3 Å². The monoisotopic (exact) mass is 332 g/mol. The molecular formula is C17H14Cl2N2O. The molecule has 5 heteroatoms. The van der Waals surface area contributed by atoms with Crippen molar-refractivity contribution in [2.45, 2.75) is 13.3 Å². The van der Waals surface area contributed by atoms with Crippen LogP contribution in [0.5, 0.6) is 0 Å². The lowest BCUT2D eigenvalue weighted by Crippen LogP contribution is -2.14. The van der Waals surface area contributed by atoms with Crippen molar-refractivity contribution in [3.8, 4) is 0 Å². The fourth-order valence-corrected chi connectivity index (χ4v) is 3.08. The van der Waals surface area contributed by atoms with Gasteiger partial charge in [0.15, 0.2) is 0 Å². The van der Waals surface area contributed by atoms with Gasteiger partial charge in [0.05, 0.1) is 6.42 Å². The second kappa shape index (κ2) is 6.03. The number of H-pyrrole nitrogens is 1. The molecule has 3 aromatic rings. The highest BCUT2D eigenvalue weighted by Gasteiger charge is 2.12. The molecular weight excluding hydrogens is 319 g/mol. The van der Waals surface area contributed by atoms with Crippen LogP contribution in [0.3, 0.4) is 0 Å². The molecule has 1 aromatic heterocycles. The van der Waals surface area contributed by atoms with E-state index in [9.17, 15) is 4.79 Å². The van der Waals surface area contributed by atoms with Crippen LogP contribution in [-0.2, 0) is 11.2 Å². The molecule has 112 valence electrons. The number of hydrogen-bond acceptors (Lipinski definition) is 1. The van der Waals surface area contributed by atoms with Crippen molar-refractivity contribution in [2.75, 3.05) is 5.32 Å². The normalized spacial score (nSPS) is 10.9. The van der Waals surface area contributed by atoms with Crippen molar-refractivity contribution >= 4 is 45.7 Å². The second-order valence-electron chi connectivity index (χ2n) is 5.16. The Labute approximate surface area is 138 Å². The zero-order valence-electron chi connectivity index (χ0n) is 11.9. The fraction of sp³-hybridized carbons (Fsp3) is 0.118. The van der Waals surface area contributed by atoms with Crippen LogP contribution in [0, 0.1) is 6.92 Å². The van der Waals surface area contributed by atoms with Crippen molar-refractivity contribution in [2.24, 2.45) is 0 Å². The van der Waals surface area contributed by atoms with Gasteiger partial charge in [-0.2, -0.15) is 0 Å². The first-order chi connectivity index (χ1) is 10.5. The fourth-order valence-electron chi connectivity index (χ4n) is 2.55. The molecule has 0 atom stereocenters. The summed E-state index contributed by atoms with van der Waals surface area (Å²) in [6.07, 6.45) is 0.292. The van der Waals surface area contributed by atoms with Gasteiger partial charge in [-0.15, -0.1) is 0 Å². The number of aromatic amines is 1. The van der Waals surface area contributed by atoms with Crippen LogP contribution in [-0.4, -0.2) is 10.9 Å². The van der Waals surface area contributed by atoms with E-state index in [-0.39, 0.29) is 5.91 Å². The summed E-state index contributed by atoms with van der Waals surface area (Å²) >= 11 is 11.9. The third-order valence-electron chi connectivity index (χ3n) is 3.51. The molecule has 1 heterocycles. The quantitative estimate of drug-likeness (QED) is 0.699. The largest absolute Gasteiger partial charge is 0.358 e. The Balaban J connectivity index is 1.82. The van der Waals surface area contributed by atoms with Gasteiger partial charge >= 0.3 is 0 Å². The molecule has 1 amide bonds. The zero-order valence-corrected chi connectivity index (χ0v) is 13.4. The summed E-state index contributed by atoms with van der Waals surface area (Å²) in [6, 6.07) is 12.9. The van der Waals surface area contributed by atoms with Gasteiger partial charge in [0.25, 0.3) is 0 Å². The van der Waals surface area contributed by atoms with Gasteiger partial charge in [-0.3, -0.25) is 4.79 Å². The van der Waals surface area contributed by atoms with Crippen LogP contribution in [0.4, 0.5) is 5.69 Å². The Morgan fingerprint density at radius 3 is 2.55 bits per heavy atom. The molecule has 0 fully saturated rings. The molecule has 22 heavy (non-hydrogen) atoms. The highest BCUT2D eigenvalue weighted by atomic mass is 35.5. The van der Waals surface area contributed by atoms with Crippen LogP contribution < -0.4 is 5.32 Å². The van der Waals surface area contributed by atoms with Crippen LogP contribution in [0.25, 0.3) is 10.9 Å². The van der Waals surface area contributed by atoms with Gasteiger partial charge in [-0.05, 0) is 36.8 Å². The van der Waals surface area contributed by atoms with E-state index in [0.29, 0.717) is 22.2 Å². The van der Waals surface area contributed by atoms with Crippen molar-refractivity contribution in [1.29, 1.82) is 0 Å². The molecule has 3 rings (SSSR count). The topological polar surface area (TPSA) is 44.9 Å². The van der Waals surface area contributed by atoms with Crippen molar-refractivity contribution in [3.63, 3.8) is 0 Å². The van der Waals surface area contributed by atoms with Gasteiger partial charge in [-0.25, -0.2) is 0 Å². The predicted molar refractivity (Wildman–Crippen MR) is 91.8 cm³/mol. The maximum Gasteiger partial charge on any atom is 0.228 e. The number of carbonyl (C=O) groups excluding carboxylic acids is 1. The molecule has 2 aromatic carbocycles. The first kappa shape index (κ1) is 14.9. The highest BCUT2D eigenvalue weighted by molar-refractivity contribution is 6.35. The highest BCUT2D eigenvalue weighted by Crippen LogP contribution is 2.24. The van der Waals surface area contributed by atoms with E-state index in [1.54, 1.807) is 18.2 Å². The number of amides is 1. The second-order valence-corrected chi connectivity index (χ2v) is 6.03. The van der Waals surface area contributed by atoms with Crippen LogP contribution in [0.1, 0.15) is 11.3 Å². The predicted octanol–water partition coefficient (Wildman–Crippen LogP) is 4.96. The van der Waals surface area contributed by atoms with Crippen molar-refractivity contribution < 1.29 is 4.79 Å². The van der Waals surface area contributed by atoms with E-state index in [4.69, 9.17) is 23.2 Å². The van der Waals surface area contributed by atoms with E-state index in [2.05, 4.69) is 10.3 Å². The maximum atomic E-state index is 12.3. The summed E-state index contributed by atoms with van der Waals surface area (Å²) in [6.45, 7) is 1.97. The Morgan fingerprint density at radius 1 is 1.14 bits per heavy atom. The lowest BCUT2D eigenvalue weighted by atomic mass is 10.1. The first-order valence-electron chi connectivity index (χ1n) is 6.85. The van der Waals surface area contributed by atoms with E-state index < -0.39 is 0 Å². The molecule has 0 spiro atoms. The van der Waals surface area contributed by atoms with E-state index in [0.717, 1.165) is 22.2 Å². The zero-order chi connectivity index (χ0) is 15.7. The summed E-state index contributed by atoms with van der Waals surface area (Å²) < 4.78 is 0. The summed E-state index contributed by atoms with van der Waals surface area (Å²) in [5.74, 6) is -0.105. The Bertz CT molecular complexity index is 835. The van der Waals surface area contributed by atoms with Crippen molar-refractivity contribution in [1.82, 2.24) is 4.98 Å². The van der Waals surface area contributed by atoms with E-state index in [1.807, 2.05) is 31.2 Å². The molecule has 0 unspecified atom stereocenters. The number of aromatic nitrogens is 1. The third kappa shape index (κ3) is 3.11. The molecule has 0 aliphatic carbocycles. The SMILES string of the molecule is Cc1[nH]c2ccccc2c1CC(=O)Nc1cc(Cl)cc(Cl)c1. The number of hydrogen-bond donors (Lipinski definition) is 2. The number of benzene rings is 2. The number of fused-ring (bicyclic) bond motifs is 1. The third-order valence-corrected chi connectivity index (χ3v) is 3.95. The molecule has 0 saturated carbocycles. The number of halogens is 2. The molecule has 0 aliphatic rings. The molecule has 0 saturated heterocycles. The summed E-state index contributed by atoms with van der Waals surface area (Å²) in [4.78, 5) is 15.6. The molecule has 2 N–H and O–H groups in total. The van der Waals surface area contributed by atoms with Crippen LogP contribution in [0.15, 0.2) is 42.5 Å². The minimum absolute atomic E-state index is 0.105. The summed E-state index contributed by atoms with van der Waals surface area (Å²) in [7, 11) is 0. The average Bonchev–Trinajstić information content (AvgIpc) is 2.74. The van der Waals surface area contributed by atoms with Crippen LogP contribution in [0.2, 0.25) is 10.0 Å². The number of anilines is 1. The smallest absolute Gasteiger partial charge is 0.228 e. The van der Waals surface area contributed by atoms with E-state index >= 15 is 0 Å². The minimum atomic E-state index is -0.105. The van der Waals surface area contributed by atoms with Gasteiger partial charge in [-0.1, -0.05) is 41.4 Å². The molecule has 3 nitrogen and oxygen atoms in total. The number of aryl methyl sites for hydroxylation is 1. The number of nitrogens with one attached hydrogen (secondary N) is 2. The van der Waals surface area contributed by atoms with Gasteiger partial charge < -0.3 is 10.3 Å². The van der Waals surface area contributed by atoms with Crippen LogP contribution >= 0.6 is 23.2 Å². The Morgan fingerprint density at radius 2 is 1.82 bits per heavy atom. The summed E-state index contributed by atoms with van der Waals surface area (Å²) in [5, 5.41) is 4.88. The summed E-state index contributed by atoms with van der Waals surface area (Å²) in [5.41, 5.74) is 3.63. The number of para-hydroxylation sites is 1. The average molecular weight is 333 g/mol. The number of carbonyl (C=O) groups is 1. The van der Waals surface area contributed by atoms with E-state index in [1.165, 1.54) is 0 Å². The lowest BCUT2D eigenvalue weighted by molar-refractivity contribution is -0.115. The standard InChI is InChI=1S/C17H14Cl2N2O/c1-10-15(14-4-2-3-5-16(14)20-10)9-17(22)21-13-7-11(18)6-12(19)8-13/h2-8,20H,9H2,1H3,(H,21,22). The van der Waals surface area contributed by atoms with Gasteiger partial charge in [0.1, 0.15) is 0 Å². The lowest BCUT2D eigenvalue weighted by Gasteiger charge is -2.07. The Hall–Kier alpha value is -1.97.